The number of carbonyl (C=O) groups is 2. The number of rotatable bonds is 4. The van der Waals surface area contributed by atoms with Crippen LogP contribution in [-0.4, -0.2) is 37.6 Å². The van der Waals surface area contributed by atoms with Crippen LogP contribution in [-0.2, 0) is 24.3 Å². The highest BCUT2D eigenvalue weighted by Crippen LogP contribution is 2.44. The second-order valence-corrected chi connectivity index (χ2v) is 7.30. The zero-order chi connectivity index (χ0) is 16.8. The first-order chi connectivity index (χ1) is 10.8. The van der Waals surface area contributed by atoms with Crippen molar-refractivity contribution in [1.29, 1.82) is 0 Å². The summed E-state index contributed by atoms with van der Waals surface area (Å²) < 4.78 is 27.9. The van der Waals surface area contributed by atoms with Crippen LogP contribution in [0, 0.1) is 11.8 Å². The highest BCUT2D eigenvalue weighted by Gasteiger charge is 2.55. The predicted molar refractivity (Wildman–Crippen MR) is 79.0 cm³/mol. The monoisotopic (exact) mass is 340 g/mol. The number of ether oxygens (including phenoxy) is 1. The van der Waals surface area contributed by atoms with Crippen molar-refractivity contribution in [1.82, 2.24) is 0 Å². The fourth-order valence-corrected chi connectivity index (χ4v) is 3.79. The lowest BCUT2D eigenvalue weighted by atomic mass is 9.78. The molecule has 3 rings (SSSR count). The van der Waals surface area contributed by atoms with E-state index in [1.54, 1.807) is 0 Å². The molecule has 0 saturated carbocycles. The molecule has 0 aromatic heterocycles. The van der Waals surface area contributed by atoms with Crippen LogP contribution in [0.4, 0.5) is 5.69 Å². The van der Waals surface area contributed by atoms with Gasteiger partial charge >= 0.3 is 5.97 Å². The normalized spacial score (nSPS) is 29.4. The van der Waals surface area contributed by atoms with Crippen molar-refractivity contribution in [2.24, 2.45) is 17.0 Å². The first-order valence-corrected chi connectivity index (χ1v) is 8.64. The van der Waals surface area contributed by atoms with Crippen molar-refractivity contribution in [2.75, 3.05) is 5.32 Å². The molecule has 0 radical (unpaired) electrons. The number of amides is 1. The molecular weight excluding hydrogens is 324 g/mol. The number of hydrogen-bond acceptors (Lipinski definition) is 5. The molecule has 23 heavy (non-hydrogen) atoms. The molecule has 2 bridgehead atoms. The van der Waals surface area contributed by atoms with Crippen LogP contribution >= 0.6 is 0 Å². The van der Waals surface area contributed by atoms with Gasteiger partial charge in [0.1, 0.15) is 0 Å². The lowest BCUT2D eigenvalue weighted by Gasteiger charge is -2.23. The Hall–Kier alpha value is -1.97. The number of nitrogens with two attached hydrogens (primary N) is 1. The smallest absolute Gasteiger partial charge is 0.310 e. The zero-order valence-corrected chi connectivity index (χ0v) is 12.8. The number of primary sulfonamides is 1. The topological polar surface area (TPSA) is 136 Å². The van der Waals surface area contributed by atoms with E-state index in [4.69, 9.17) is 9.88 Å². The average Bonchev–Trinajstić information content (AvgIpc) is 3.07. The third kappa shape index (κ3) is 2.94. The van der Waals surface area contributed by atoms with E-state index in [-0.39, 0.29) is 11.0 Å². The highest BCUT2D eigenvalue weighted by atomic mass is 32.2. The number of benzene rings is 1. The van der Waals surface area contributed by atoms with Gasteiger partial charge in [0.2, 0.25) is 15.9 Å². The third-order valence-electron chi connectivity index (χ3n) is 4.31. The summed E-state index contributed by atoms with van der Waals surface area (Å²) in [6.07, 6.45) is 0.508. The number of carboxylic acid groups (broad SMARTS) is 1. The van der Waals surface area contributed by atoms with Crippen molar-refractivity contribution in [3.8, 4) is 0 Å². The molecular formula is C14H16N2O6S. The number of aliphatic carboxylic acids is 1. The van der Waals surface area contributed by atoms with Gasteiger partial charge in [0.05, 0.1) is 28.9 Å². The number of sulfonamides is 1. The van der Waals surface area contributed by atoms with E-state index < -0.39 is 39.8 Å². The number of hydrogen-bond donors (Lipinski definition) is 3. The van der Waals surface area contributed by atoms with Gasteiger partial charge in [0.25, 0.3) is 0 Å². The predicted octanol–water partition coefficient (Wildman–Crippen LogP) is 0.151. The van der Waals surface area contributed by atoms with Crippen molar-refractivity contribution in [3.63, 3.8) is 0 Å². The summed E-state index contributed by atoms with van der Waals surface area (Å²) in [5.74, 6) is -3.07. The number of anilines is 1. The van der Waals surface area contributed by atoms with Gasteiger partial charge in [0.15, 0.2) is 0 Å². The van der Waals surface area contributed by atoms with E-state index in [0.717, 1.165) is 0 Å². The Morgan fingerprint density at radius 3 is 2.22 bits per heavy atom. The van der Waals surface area contributed by atoms with Gasteiger partial charge < -0.3 is 15.2 Å². The maximum absolute atomic E-state index is 12.4. The van der Waals surface area contributed by atoms with Gasteiger partial charge in [-0.05, 0) is 37.1 Å². The molecule has 8 nitrogen and oxygen atoms in total. The Morgan fingerprint density at radius 2 is 1.70 bits per heavy atom. The average molecular weight is 340 g/mol. The van der Waals surface area contributed by atoms with Crippen LogP contribution in [0.3, 0.4) is 0 Å². The van der Waals surface area contributed by atoms with E-state index >= 15 is 0 Å². The lowest BCUT2D eigenvalue weighted by Crippen LogP contribution is -2.40. The summed E-state index contributed by atoms with van der Waals surface area (Å²) in [7, 11) is -3.80. The fourth-order valence-electron chi connectivity index (χ4n) is 3.28. The molecule has 1 amide bonds. The van der Waals surface area contributed by atoms with Gasteiger partial charge in [-0.25, -0.2) is 13.6 Å². The van der Waals surface area contributed by atoms with Gasteiger partial charge in [0, 0.05) is 5.69 Å². The molecule has 9 heteroatoms. The van der Waals surface area contributed by atoms with Crippen LogP contribution in [0.2, 0.25) is 0 Å². The number of fused-ring (bicyclic) bond motifs is 2. The van der Waals surface area contributed by atoms with Gasteiger partial charge in [-0.2, -0.15) is 0 Å². The molecule has 2 fully saturated rings. The summed E-state index contributed by atoms with van der Waals surface area (Å²) >= 11 is 0. The molecule has 1 aromatic carbocycles. The Bertz CT molecular complexity index is 745. The molecule has 0 aliphatic carbocycles. The molecule has 0 unspecified atom stereocenters. The minimum Gasteiger partial charge on any atom is -0.481 e. The third-order valence-corrected chi connectivity index (χ3v) is 5.24. The molecule has 4 N–H and O–H groups in total. The summed E-state index contributed by atoms with van der Waals surface area (Å²) in [5, 5.41) is 16.9. The van der Waals surface area contributed by atoms with Crippen LogP contribution in [0.1, 0.15) is 12.8 Å². The second kappa shape index (κ2) is 5.59. The maximum Gasteiger partial charge on any atom is 0.310 e. The maximum atomic E-state index is 12.4. The second-order valence-electron chi connectivity index (χ2n) is 5.74. The van der Waals surface area contributed by atoms with Gasteiger partial charge in [-0.1, -0.05) is 0 Å². The van der Waals surface area contributed by atoms with Crippen LogP contribution in [0.15, 0.2) is 29.2 Å². The van der Waals surface area contributed by atoms with Crippen molar-refractivity contribution in [3.05, 3.63) is 24.3 Å². The van der Waals surface area contributed by atoms with E-state index in [0.29, 0.717) is 18.5 Å². The molecule has 2 heterocycles. The Balaban J connectivity index is 1.75. The van der Waals surface area contributed by atoms with Crippen LogP contribution in [0.5, 0.6) is 0 Å². The molecule has 2 aliphatic rings. The Labute approximate surface area is 132 Å². The standard InChI is InChI=1S/C14H16N2O6S/c15-23(20,21)8-3-1-7(2-4-8)16-13(17)11-9-5-6-10(22-9)12(11)14(18)19/h1-4,9-12H,5-6H2,(H,16,17)(H,18,19)(H2,15,20,21)/t9-,10-,11-,12+/m1/s1. The van der Waals surface area contributed by atoms with Crippen molar-refractivity contribution in [2.45, 2.75) is 29.9 Å². The van der Waals surface area contributed by atoms with Gasteiger partial charge in [-0.3, -0.25) is 9.59 Å². The van der Waals surface area contributed by atoms with Crippen LogP contribution in [0.25, 0.3) is 0 Å². The Morgan fingerprint density at radius 1 is 1.13 bits per heavy atom. The van der Waals surface area contributed by atoms with E-state index in [1.165, 1.54) is 24.3 Å². The number of carboxylic acids is 1. The summed E-state index contributed by atoms with van der Waals surface area (Å²) in [4.78, 5) is 23.7. The molecule has 4 atom stereocenters. The lowest BCUT2D eigenvalue weighted by molar-refractivity contribution is -0.147. The first kappa shape index (κ1) is 15.9. The fraction of sp³-hybridized carbons (Fsp3) is 0.429. The summed E-state index contributed by atoms with van der Waals surface area (Å²) in [6, 6.07) is 5.36. The first-order valence-electron chi connectivity index (χ1n) is 7.09. The summed E-state index contributed by atoms with van der Waals surface area (Å²) in [5.41, 5.74) is 0.370. The van der Waals surface area contributed by atoms with E-state index in [9.17, 15) is 23.1 Å². The van der Waals surface area contributed by atoms with E-state index in [1.807, 2.05) is 0 Å². The largest absolute Gasteiger partial charge is 0.481 e. The highest BCUT2D eigenvalue weighted by molar-refractivity contribution is 7.89. The van der Waals surface area contributed by atoms with Crippen LogP contribution < -0.4 is 10.5 Å². The zero-order valence-electron chi connectivity index (χ0n) is 12.0. The number of nitrogens with one attached hydrogen (secondary N) is 1. The summed E-state index contributed by atoms with van der Waals surface area (Å²) in [6.45, 7) is 0. The van der Waals surface area contributed by atoms with Crippen molar-refractivity contribution < 1.29 is 27.9 Å². The molecule has 2 aliphatic heterocycles. The quantitative estimate of drug-likeness (QED) is 0.714. The molecule has 0 spiro atoms. The van der Waals surface area contributed by atoms with Crippen molar-refractivity contribution >= 4 is 27.6 Å². The minimum absolute atomic E-state index is 0.0674. The molecule has 1 aromatic rings. The Kier molecular flexibility index (Phi) is 3.86. The van der Waals surface area contributed by atoms with Gasteiger partial charge in [-0.15, -0.1) is 0 Å². The van der Waals surface area contributed by atoms with E-state index in [2.05, 4.69) is 5.32 Å². The molecule has 2 saturated heterocycles. The number of carbonyl (C=O) groups excluding carboxylic acids is 1. The SMILES string of the molecule is NS(=O)(=O)c1ccc(NC(=O)[C@H]2[C@@H](C(=O)O)[C@H]3CC[C@H]2O3)cc1. The molecule has 124 valence electrons. The minimum atomic E-state index is -3.80.